The van der Waals surface area contributed by atoms with Crippen molar-refractivity contribution in [2.75, 3.05) is 0 Å². The zero-order chi connectivity index (χ0) is 62.0. The average Bonchev–Trinajstić information content (AvgIpc) is 1.43. The van der Waals surface area contributed by atoms with Gasteiger partial charge in [-0.25, -0.2) is 0 Å². The molecule has 0 bridgehead atoms. The van der Waals surface area contributed by atoms with E-state index in [1.54, 1.807) is 42.5 Å². The zero-order valence-electron chi connectivity index (χ0n) is 50.9. The molecule has 8 atom stereocenters. The van der Waals surface area contributed by atoms with Gasteiger partial charge in [-0.3, -0.25) is 14.4 Å². The molecule has 0 spiro atoms. The van der Waals surface area contributed by atoms with Crippen molar-refractivity contribution in [2.45, 2.75) is 148 Å². The van der Waals surface area contributed by atoms with Crippen LogP contribution in [0.25, 0.3) is 0 Å². The molecule has 5 aromatic carbocycles. The molecular weight excluding hydrogens is 2080 g/mol. The summed E-state index contributed by atoms with van der Waals surface area (Å²) in [5.74, 6) is 11.1. The second-order valence-corrected chi connectivity index (χ2v) is 25.6. The van der Waals surface area contributed by atoms with Crippen LogP contribution in [0.5, 0.6) is 28.7 Å². The monoisotopic (exact) mass is 2150 g/mol. The van der Waals surface area contributed by atoms with E-state index in [-0.39, 0.29) is 222 Å². The third kappa shape index (κ3) is 20.0. The number of phenolic OH excluding ortho intramolecular Hbond substituents is 5. The molecule has 0 aromatic heterocycles. The number of benzene rings is 5. The van der Waals surface area contributed by atoms with Crippen molar-refractivity contribution in [3.8, 4) is 53.4 Å². The van der Waals surface area contributed by atoms with E-state index in [2.05, 4.69) is 43.9 Å². The number of rotatable bonds is 0. The topological polar surface area (TPSA) is 255 Å². The molecule has 0 heterocycles. The fraction of sp³-hybridized carbons (Fsp3) is 0.414. The summed E-state index contributed by atoms with van der Waals surface area (Å²) in [6, 6.07) is 27.1. The first-order chi connectivity index (χ1) is 41.0. The van der Waals surface area contributed by atoms with Gasteiger partial charge in [-0.15, -0.1) is 12.8 Å². The Balaban J connectivity index is 0.000000236. The molecular formula is C70H74Ac4Cr2O14. The summed E-state index contributed by atoms with van der Waals surface area (Å²) in [7, 11) is 0. The quantitative estimate of drug-likeness (QED) is 0.0904. The van der Waals surface area contributed by atoms with E-state index >= 15 is 0 Å². The van der Waals surface area contributed by atoms with Crippen LogP contribution in [-0.2, 0) is 82.8 Å². The van der Waals surface area contributed by atoms with Crippen LogP contribution in [-0.4, -0.2) is 42.9 Å². The maximum absolute atomic E-state index is 12.6. The molecule has 2 saturated carbocycles. The molecule has 0 saturated heterocycles. The SMILES string of the molecule is C#CC1=CCC2C3CC(=O)c4cc(O)ccc4C3CC[C@]12C.C#CC1=CCC2C3CCc4cc(O)ccc4C3CC[C@]12C.O=C1CCCc2ccc(O)cc21.O=C1CCCc2ccc(O)cc21.Oc1ccc2c(c1)CCCC2.[Ac].[Ac].[Ac].[Ac].[O]=[Cr](=[O])=[O].[O]=[Cr](=[O])=[O]. The van der Waals surface area contributed by atoms with Crippen LogP contribution in [0.2, 0.25) is 0 Å². The van der Waals surface area contributed by atoms with Crippen LogP contribution in [0, 0.1) is 235 Å². The Labute approximate surface area is 678 Å². The number of terminal acetylenes is 2. The van der Waals surface area contributed by atoms with Crippen LogP contribution >= 0.6 is 0 Å². The van der Waals surface area contributed by atoms with Gasteiger partial charge in [-0.1, -0.05) is 68.2 Å². The van der Waals surface area contributed by atoms with Crippen molar-refractivity contribution in [1.82, 2.24) is 0 Å². The number of aromatic hydroxyl groups is 5. The van der Waals surface area contributed by atoms with Gasteiger partial charge in [0.15, 0.2) is 17.3 Å². The fourth-order valence-electron chi connectivity index (χ4n) is 15.5. The first-order valence-corrected chi connectivity index (χ1v) is 32.7. The normalized spacial score (nSPS) is 24.1. The molecule has 6 unspecified atom stereocenters. The van der Waals surface area contributed by atoms with Gasteiger partial charge in [0.1, 0.15) is 28.7 Å². The van der Waals surface area contributed by atoms with Crippen LogP contribution < -0.4 is 0 Å². The van der Waals surface area contributed by atoms with Gasteiger partial charge in [0.2, 0.25) is 0 Å². The van der Waals surface area contributed by atoms with Crippen molar-refractivity contribution in [2.24, 2.45) is 34.5 Å². The molecule has 462 valence electrons. The third-order valence-corrected chi connectivity index (χ3v) is 19.6. The summed E-state index contributed by atoms with van der Waals surface area (Å²) < 4.78 is 51.2. The Morgan fingerprint density at radius 3 is 1.28 bits per heavy atom. The number of hydrogen-bond donors (Lipinski definition) is 5. The third-order valence-electron chi connectivity index (χ3n) is 19.6. The van der Waals surface area contributed by atoms with Crippen LogP contribution in [0.3, 0.4) is 0 Å². The summed E-state index contributed by atoms with van der Waals surface area (Å²) in [5.41, 5.74) is 13.8. The van der Waals surface area contributed by atoms with E-state index in [1.165, 1.54) is 66.4 Å². The number of aryl methyl sites for hydroxylation is 5. The average molecular weight is 2150 g/mol. The summed E-state index contributed by atoms with van der Waals surface area (Å²) in [5, 5.41) is 46.9. The van der Waals surface area contributed by atoms with Crippen LogP contribution in [0.1, 0.15) is 186 Å². The van der Waals surface area contributed by atoms with Crippen molar-refractivity contribution >= 4 is 17.3 Å². The number of carbonyl (C=O) groups excluding carboxylic acids is 3. The first-order valence-electron chi connectivity index (χ1n) is 29.6. The van der Waals surface area contributed by atoms with E-state index < -0.39 is 27.9 Å². The minimum atomic E-state index is -3.79. The standard InChI is InChI=1S/C20H20O2.C20H22O.2C10H10O2.C10H12O.4Ac.2Cr.6O/c1-3-12-4-7-18-16-11-19(22)17-10-13(21)5-6-14(17)15(16)8-9-20(12,18)2;1-3-14-5-9-19-18-7-4-13-12-15(21)6-8-16(13)17(18)10-11-20(14,19)2;2*11-8-5-4-7-2-1-3-10(12)9(7)6-8;11-10-6-5-8-3-1-2-4-9(8)7-10;;;;;;;;;;;;/h1,4-6,10,15-16,18,21H,7-9,11H2,2H3;1,5-6,8,12,17-19,21H,4,7,9-11H2,2H3;2*4-6,11H,1-3H2;5-7,11H,1-4H2;;;;;;;;;;;;/t15?,16?,18?,20-;17?,18?,19?,20-;;;;;;;;;;;;;;;/m11.............../s1. The summed E-state index contributed by atoms with van der Waals surface area (Å²) in [6.45, 7) is 4.67. The number of carbonyl (C=O) groups is 3. The van der Waals surface area contributed by atoms with Crippen molar-refractivity contribution in [1.29, 1.82) is 0 Å². The molecule has 14 nitrogen and oxygen atoms in total. The Morgan fingerprint density at radius 2 is 0.800 bits per heavy atom. The van der Waals surface area contributed by atoms with Gasteiger partial charge in [-0.2, -0.15) is 0 Å². The van der Waals surface area contributed by atoms with Gasteiger partial charge in [0, 0.05) is 234 Å². The molecule has 20 heteroatoms. The van der Waals surface area contributed by atoms with Crippen LogP contribution in [0.15, 0.2) is 114 Å². The molecule has 9 aliphatic rings. The number of hydrogen-bond acceptors (Lipinski definition) is 14. The number of Topliss-reactive ketones (excluding diaryl/α,β-unsaturated/α-hetero) is 3. The van der Waals surface area contributed by atoms with Gasteiger partial charge in [0.05, 0.1) is 0 Å². The van der Waals surface area contributed by atoms with E-state index in [0.717, 1.165) is 98.0 Å². The molecule has 5 aromatic rings. The van der Waals surface area contributed by atoms with Gasteiger partial charge in [-0.05, 0) is 238 Å². The van der Waals surface area contributed by atoms with Crippen molar-refractivity contribution < 1.29 is 267 Å². The van der Waals surface area contributed by atoms with Crippen LogP contribution in [0.4, 0.5) is 0 Å². The van der Waals surface area contributed by atoms with Crippen molar-refractivity contribution in [3.63, 3.8) is 0 Å². The van der Waals surface area contributed by atoms with E-state index in [1.807, 2.05) is 42.5 Å². The number of allylic oxidation sites excluding steroid dienone is 4. The summed E-state index contributed by atoms with van der Waals surface area (Å²) >= 11 is -7.58. The second kappa shape index (κ2) is 37.2. The van der Waals surface area contributed by atoms with Gasteiger partial charge in [0.25, 0.3) is 0 Å². The molecule has 14 rings (SSSR count). The minimum absolute atomic E-state index is 0. The first kappa shape index (κ1) is 80.8. The molecule has 0 amide bonds. The molecule has 9 aliphatic carbocycles. The van der Waals surface area contributed by atoms with E-state index in [0.29, 0.717) is 71.5 Å². The Bertz CT molecular complexity index is 3730. The van der Waals surface area contributed by atoms with E-state index in [9.17, 15) is 29.7 Å². The Morgan fingerprint density at radius 1 is 0.422 bits per heavy atom. The summed E-state index contributed by atoms with van der Waals surface area (Å²) in [4.78, 5) is 35.2. The number of fused-ring (bicyclic) bond motifs is 13. The number of phenols is 5. The van der Waals surface area contributed by atoms with Crippen molar-refractivity contribution in [3.05, 3.63) is 170 Å². The number of ketones is 3. The molecule has 2 fully saturated rings. The van der Waals surface area contributed by atoms with Gasteiger partial charge < -0.3 is 25.5 Å². The molecule has 5 N–H and O–H groups in total. The predicted molar refractivity (Wildman–Crippen MR) is 310 cm³/mol. The Kier molecular flexibility index (Phi) is 33.4. The maximum atomic E-state index is 12.6. The second-order valence-electron chi connectivity index (χ2n) is 24.3. The molecule has 4 radical (unpaired) electrons. The molecule has 90 heavy (non-hydrogen) atoms. The zero-order valence-corrected chi connectivity index (χ0v) is 72.4. The molecule has 0 aliphatic heterocycles. The summed E-state index contributed by atoms with van der Waals surface area (Å²) in [6.07, 6.45) is 35.6. The van der Waals surface area contributed by atoms with Gasteiger partial charge >= 0.3 is 50.7 Å². The van der Waals surface area contributed by atoms with E-state index in [4.69, 9.17) is 45.9 Å². The fourth-order valence-corrected chi connectivity index (χ4v) is 15.5. The predicted octanol–water partition coefficient (Wildman–Crippen LogP) is 13.9. The Hall–Kier alpha value is -1.66.